The van der Waals surface area contributed by atoms with Crippen molar-refractivity contribution in [3.63, 3.8) is 0 Å². The third-order valence-corrected chi connectivity index (χ3v) is 4.04. The molecule has 1 N–H and O–H groups in total. The molecule has 0 amide bonds. The Hall–Kier alpha value is -1.01. The van der Waals surface area contributed by atoms with Gasteiger partial charge in [0.2, 0.25) is 0 Å². The summed E-state index contributed by atoms with van der Waals surface area (Å²) in [7, 11) is 0. The standard InChI is InChI=1S/C14H13BrF3NS/c1-9(6-10-4-5-20-8-10)19-13-7-11(15)2-3-12(13)14(16,17)18/h2-5,7-9,19H,6H2,1H3. The Labute approximate surface area is 128 Å². The fraction of sp³-hybridized carbons (Fsp3) is 0.286. The van der Waals surface area contributed by atoms with Crippen LogP contribution in [-0.4, -0.2) is 6.04 Å². The molecule has 1 nitrogen and oxygen atoms in total. The van der Waals surface area contributed by atoms with Crippen LogP contribution in [0.25, 0.3) is 0 Å². The predicted molar refractivity (Wildman–Crippen MR) is 80.3 cm³/mol. The molecule has 1 heterocycles. The highest BCUT2D eigenvalue weighted by molar-refractivity contribution is 9.10. The quantitative estimate of drug-likeness (QED) is 0.748. The fourth-order valence-electron chi connectivity index (χ4n) is 1.96. The number of nitrogens with one attached hydrogen (secondary N) is 1. The van der Waals surface area contributed by atoms with Crippen LogP contribution in [0.5, 0.6) is 0 Å². The second-order valence-corrected chi connectivity index (χ2v) is 6.26. The summed E-state index contributed by atoms with van der Waals surface area (Å²) in [6, 6.07) is 5.85. The summed E-state index contributed by atoms with van der Waals surface area (Å²) in [4.78, 5) is 0. The molecule has 0 spiro atoms. The van der Waals surface area contributed by atoms with Gasteiger partial charge in [-0.2, -0.15) is 24.5 Å². The number of anilines is 1. The first-order valence-electron chi connectivity index (χ1n) is 6.00. The van der Waals surface area contributed by atoms with Gasteiger partial charge in [0.1, 0.15) is 0 Å². The molecule has 2 rings (SSSR count). The Morgan fingerprint density at radius 1 is 1.30 bits per heavy atom. The summed E-state index contributed by atoms with van der Waals surface area (Å²) in [6.07, 6.45) is -3.67. The van der Waals surface area contributed by atoms with E-state index < -0.39 is 11.7 Å². The van der Waals surface area contributed by atoms with E-state index in [1.807, 2.05) is 23.8 Å². The molecule has 1 aromatic heterocycles. The van der Waals surface area contributed by atoms with Crippen molar-refractivity contribution in [2.75, 3.05) is 5.32 Å². The molecule has 0 saturated carbocycles. The van der Waals surface area contributed by atoms with Gasteiger partial charge >= 0.3 is 6.18 Å². The molecule has 0 aliphatic heterocycles. The second-order valence-electron chi connectivity index (χ2n) is 4.57. The van der Waals surface area contributed by atoms with Crippen LogP contribution >= 0.6 is 27.3 Å². The minimum Gasteiger partial charge on any atom is -0.382 e. The third-order valence-electron chi connectivity index (χ3n) is 2.81. The zero-order valence-electron chi connectivity index (χ0n) is 10.7. The van der Waals surface area contributed by atoms with E-state index in [4.69, 9.17) is 0 Å². The SMILES string of the molecule is CC(Cc1ccsc1)Nc1cc(Br)ccc1C(F)(F)F. The maximum atomic E-state index is 13.0. The van der Waals surface area contributed by atoms with Crippen molar-refractivity contribution in [1.82, 2.24) is 0 Å². The van der Waals surface area contributed by atoms with Gasteiger partial charge in [0.15, 0.2) is 0 Å². The lowest BCUT2D eigenvalue weighted by Crippen LogP contribution is -2.20. The maximum Gasteiger partial charge on any atom is 0.418 e. The van der Waals surface area contributed by atoms with Gasteiger partial charge in [-0.1, -0.05) is 15.9 Å². The van der Waals surface area contributed by atoms with Crippen LogP contribution in [0.4, 0.5) is 18.9 Å². The fourth-order valence-corrected chi connectivity index (χ4v) is 3.00. The topological polar surface area (TPSA) is 12.0 Å². The predicted octanol–water partition coefficient (Wildman–Crippen LogP) is 5.57. The van der Waals surface area contributed by atoms with Crippen LogP contribution < -0.4 is 5.32 Å². The highest BCUT2D eigenvalue weighted by Gasteiger charge is 2.33. The summed E-state index contributed by atoms with van der Waals surface area (Å²) in [5, 5.41) is 6.92. The van der Waals surface area contributed by atoms with E-state index in [-0.39, 0.29) is 11.7 Å². The van der Waals surface area contributed by atoms with E-state index in [9.17, 15) is 13.2 Å². The van der Waals surface area contributed by atoms with Gasteiger partial charge in [0.25, 0.3) is 0 Å². The highest BCUT2D eigenvalue weighted by Crippen LogP contribution is 2.36. The molecule has 1 unspecified atom stereocenters. The average Bonchev–Trinajstić information content (AvgIpc) is 2.79. The van der Waals surface area contributed by atoms with E-state index in [1.165, 1.54) is 12.1 Å². The van der Waals surface area contributed by atoms with Crippen molar-refractivity contribution in [2.45, 2.75) is 25.6 Å². The Bertz CT molecular complexity index is 566. The molecule has 0 radical (unpaired) electrons. The molecule has 2 aromatic rings. The third kappa shape index (κ3) is 3.99. The lowest BCUT2D eigenvalue weighted by Gasteiger charge is -2.19. The summed E-state index contributed by atoms with van der Waals surface area (Å²) in [5.74, 6) is 0. The Morgan fingerprint density at radius 3 is 2.65 bits per heavy atom. The minimum atomic E-state index is -4.36. The van der Waals surface area contributed by atoms with Gasteiger partial charge in [-0.05, 0) is 53.9 Å². The van der Waals surface area contributed by atoms with Gasteiger partial charge in [0.05, 0.1) is 5.56 Å². The van der Waals surface area contributed by atoms with Gasteiger partial charge in [0, 0.05) is 16.2 Å². The van der Waals surface area contributed by atoms with Crippen molar-refractivity contribution >= 4 is 33.0 Å². The molecular weight excluding hydrogens is 351 g/mol. The molecule has 0 aliphatic rings. The van der Waals surface area contributed by atoms with Crippen molar-refractivity contribution in [1.29, 1.82) is 0 Å². The number of hydrogen-bond acceptors (Lipinski definition) is 2. The van der Waals surface area contributed by atoms with Gasteiger partial charge < -0.3 is 5.32 Å². The van der Waals surface area contributed by atoms with Crippen LogP contribution in [0.1, 0.15) is 18.1 Å². The molecule has 20 heavy (non-hydrogen) atoms. The molecule has 108 valence electrons. The lowest BCUT2D eigenvalue weighted by molar-refractivity contribution is -0.137. The lowest BCUT2D eigenvalue weighted by atomic mass is 10.1. The Kier molecular flexibility index (Phi) is 4.75. The first kappa shape index (κ1) is 15.4. The molecule has 6 heteroatoms. The van der Waals surface area contributed by atoms with Gasteiger partial charge in [-0.3, -0.25) is 0 Å². The number of halogens is 4. The summed E-state index contributed by atoms with van der Waals surface area (Å²) in [5.41, 5.74) is 0.589. The summed E-state index contributed by atoms with van der Waals surface area (Å²) < 4.78 is 39.5. The van der Waals surface area contributed by atoms with E-state index in [2.05, 4.69) is 21.2 Å². The normalized spacial score (nSPS) is 13.2. The molecule has 0 bridgehead atoms. The van der Waals surface area contributed by atoms with Gasteiger partial charge in [-0.25, -0.2) is 0 Å². The first-order chi connectivity index (χ1) is 9.36. The van der Waals surface area contributed by atoms with Crippen molar-refractivity contribution in [2.24, 2.45) is 0 Å². The van der Waals surface area contributed by atoms with E-state index in [0.717, 1.165) is 11.6 Å². The highest BCUT2D eigenvalue weighted by atomic mass is 79.9. The number of hydrogen-bond donors (Lipinski definition) is 1. The van der Waals surface area contributed by atoms with E-state index in [0.29, 0.717) is 10.9 Å². The molecular formula is C14H13BrF3NS. The van der Waals surface area contributed by atoms with Crippen LogP contribution in [0, 0.1) is 0 Å². The second kappa shape index (κ2) is 6.18. The van der Waals surface area contributed by atoms with Crippen molar-refractivity contribution in [3.05, 3.63) is 50.6 Å². The number of rotatable bonds is 4. The molecule has 0 fully saturated rings. The molecule has 0 aliphatic carbocycles. The molecule has 0 saturated heterocycles. The van der Waals surface area contributed by atoms with Crippen LogP contribution in [0.2, 0.25) is 0 Å². The Morgan fingerprint density at radius 2 is 2.05 bits per heavy atom. The largest absolute Gasteiger partial charge is 0.418 e. The monoisotopic (exact) mass is 363 g/mol. The van der Waals surface area contributed by atoms with Crippen LogP contribution in [0.3, 0.4) is 0 Å². The molecule has 1 aromatic carbocycles. The van der Waals surface area contributed by atoms with Gasteiger partial charge in [-0.15, -0.1) is 0 Å². The first-order valence-corrected chi connectivity index (χ1v) is 7.74. The van der Waals surface area contributed by atoms with E-state index >= 15 is 0 Å². The Balaban J connectivity index is 2.17. The van der Waals surface area contributed by atoms with Crippen LogP contribution in [0.15, 0.2) is 39.5 Å². The zero-order valence-corrected chi connectivity index (χ0v) is 13.1. The minimum absolute atomic E-state index is 0.0833. The maximum absolute atomic E-state index is 13.0. The van der Waals surface area contributed by atoms with E-state index in [1.54, 1.807) is 11.3 Å². The van der Waals surface area contributed by atoms with Crippen molar-refractivity contribution in [3.8, 4) is 0 Å². The average molecular weight is 364 g/mol. The smallest absolute Gasteiger partial charge is 0.382 e. The number of benzene rings is 1. The number of thiophene rings is 1. The summed E-state index contributed by atoms with van der Waals surface area (Å²) in [6.45, 7) is 1.87. The molecule has 1 atom stereocenters. The summed E-state index contributed by atoms with van der Waals surface area (Å²) >= 11 is 4.79. The van der Waals surface area contributed by atoms with Crippen LogP contribution in [-0.2, 0) is 12.6 Å². The number of alkyl halides is 3. The van der Waals surface area contributed by atoms with Crippen molar-refractivity contribution < 1.29 is 13.2 Å². The zero-order chi connectivity index (χ0) is 14.8.